The summed E-state index contributed by atoms with van der Waals surface area (Å²) in [4.78, 5) is 2.81. The van der Waals surface area contributed by atoms with Crippen molar-refractivity contribution >= 4 is 41.9 Å². The van der Waals surface area contributed by atoms with E-state index in [2.05, 4.69) is 41.5 Å². The number of hydrogen-bond acceptors (Lipinski definition) is 3. The standard InChI is InChI=1S/C17H24Br2N2O2S/c18-14-5-6-17(16(19)11-14)24(22,23)20-15-7-9-21(10-8-15)12-13-3-1-2-4-13/h5-6,11,13,15,20H,1-4,7-10,12H2. The van der Waals surface area contributed by atoms with E-state index in [1.807, 2.05) is 0 Å². The average molecular weight is 480 g/mol. The van der Waals surface area contributed by atoms with Crippen LogP contribution in [-0.4, -0.2) is 39.0 Å². The maximum absolute atomic E-state index is 12.6. The molecule has 134 valence electrons. The Labute approximate surface area is 161 Å². The molecule has 0 bridgehead atoms. The summed E-state index contributed by atoms with van der Waals surface area (Å²) in [6.07, 6.45) is 7.26. The minimum Gasteiger partial charge on any atom is -0.303 e. The number of likely N-dealkylation sites (tertiary alicyclic amines) is 1. The average Bonchev–Trinajstić information content (AvgIpc) is 3.01. The van der Waals surface area contributed by atoms with E-state index in [0.717, 1.165) is 36.3 Å². The van der Waals surface area contributed by atoms with Gasteiger partial charge in [-0.25, -0.2) is 13.1 Å². The maximum Gasteiger partial charge on any atom is 0.241 e. The van der Waals surface area contributed by atoms with E-state index in [0.29, 0.717) is 9.37 Å². The summed E-state index contributed by atoms with van der Waals surface area (Å²) in [5.74, 6) is 0.858. The molecule has 0 amide bonds. The number of rotatable bonds is 5. The molecule has 1 heterocycles. The van der Waals surface area contributed by atoms with Crippen LogP contribution >= 0.6 is 31.9 Å². The molecule has 1 aromatic carbocycles. The highest BCUT2D eigenvalue weighted by atomic mass is 79.9. The van der Waals surface area contributed by atoms with Crippen LogP contribution in [0.3, 0.4) is 0 Å². The van der Waals surface area contributed by atoms with Crippen molar-refractivity contribution in [1.29, 1.82) is 0 Å². The number of halogens is 2. The highest BCUT2D eigenvalue weighted by molar-refractivity contribution is 9.11. The summed E-state index contributed by atoms with van der Waals surface area (Å²) in [5.41, 5.74) is 0. The zero-order chi connectivity index (χ0) is 17.2. The van der Waals surface area contributed by atoms with Crippen LogP contribution in [0.1, 0.15) is 38.5 Å². The summed E-state index contributed by atoms with van der Waals surface area (Å²) in [6, 6.07) is 5.18. The molecule has 2 aliphatic rings. The van der Waals surface area contributed by atoms with Gasteiger partial charge in [0.05, 0.1) is 4.90 Å². The third-order valence-electron chi connectivity index (χ3n) is 5.08. The summed E-state index contributed by atoms with van der Waals surface area (Å²) in [6.45, 7) is 3.17. The van der Waals surface area contributed by atoms with E-state index < -0.39 is 10.0 Å². The van der Waals surface area contributed by atoms with Crippen LogP contribution in [0.2, 0.25) is 0 Å². The molecule has 4 nitrogen and oxygen atoms in total. The van der Waals surface area contributed by atoms with Gasteiger partial charge in [-0.2, -0.15) is 0 Å². The van der Waals surface area contributed by atoms with Crippen molar-refractivity contribution in [3.05, 3.63) is 27.1 Å². The smallest absolute Gasteiger partial charge is 0.241 e. The van der Waals surface area contributed by atoms with Gasteiger partial charge in [0.1, 0.15) is 0 Å². The lowest BCUT2D eigenvalue weighted by Crippen LogP contribution is -2.45. The van der Waals surface area contributed by atoms with Gasteiger partial charge in [-0.15, -0.1) is 0 Å². The molecule has 0 aromatic heterocycles. The topological polar surface area (TPSA) is 49.4 Å². The van der Waals surface area contributed by atoms with Crippen LogP contribution in [0.5, 0.6) is 0 Å². The van der Waals surface area contributed by atoms with Gasteiger partial charge in [-0.1, -0.05) is 28.8 Å². The Morgan fingerprint density at radius 3 is 2.38 bits per heavy atom. The van der Waals surface area contributed by atoms with Crippen LogP contribution < -0.4 is 4.72 Å². The molecule has 0 radical (unpaired) electrons. The first-order valence-corrected chi connectivity index (χ1v) is 11.7. The SMILES string of the molecule is O=S(=O)(NC1CCN(CC2CCCC2)CC1)c1ccc(Br)cc1Br. The fourth-order valence-corrected chi connectivity index (χ4v) is 6.82. The Kier molecular flexibility index (Phi) is 6.41. The first kappa shape index (κ1) is 18.8. The van der Waals surface area contributed by atoms with Crippen LogP contribution in [0.4, 0.5) is 0 Å². The second-order valence-corrected chi connectivity index (χ2v) is 10.4. The Hall–Kier alpha value is 0.0500. The van der Waals surface area contributed by atoms with Gasteiger partial charge in [0, 0.05) is 21.5 Å². The lowest BCUT2D eigenvalue weighted by Gasteiger charge is -2.33. The van der Waals surface area contributed by atoms with E-state index in [1.54, 1.807) is 18.2 Å². The van der Waals surface area contributed by atoms with E-state index in [9.17, 15) is 8.42 Å². The predicted molar refractivity (Wildman–Crippen MR) is 104 cm³/mol. The Morgan fingerprint density at radius 1 is 1.08 bits per heavy atom. The van der Waals surface area contributed by atoms with Crippen molar-refractivity contribution in [2.75, 3.05) is 19.6 Å². The Morgan fingerprint density at radius 2 is 1.75 bits per heavy atom. The van der Waals surface area contributed by atoms with Gasteiger partial charge in [0.25, 0.3) is 0 Å². The molecule has 1 aromatic rings. The molecule has 3 rings (SSSR count). The molecule has 1 aliphatic heterocycles. The first-order chi connectivity index (χ1) is 11.4. The number of nitrogens with zero attached hydrogens (tertiary/aromatic N) is 1. The number of nitrogens with one attached hydrogen (secondary N) is 1. The molecule has 0 spiro atoms. The lowest BCUT2D eigenvalue weighted by molar-refractivity contribution is 0.180. The summed E-state index contributed by atoms with van der Waals surface area (Å²) < 4.78 is 29.6. The van der Waals surface area contributed by atoms with Crippen LogP contribution in [0.15, 0.2) is 32.0 Å². The molecule has 1 aliphatic carbocycles. The fraction of sp³-hybridized carbons (Fsp3) is 0.647. The van der Waals surface area contributed by atoms with Gasteiger partial charge in [0.2, 0.25) is 10.0 Å². The normalized spacial score (nSPS) is 21.4. The molecular formula is C17H24Br2N2O2S. The van der Waals surface area contributed by atoms with Crippen molar-refractivity contribution < 1.29 is 8.42 Å². The van der Waals surface area contributed by atoms with Gasteiger partial charge < -0.3 is 4.90 Å². The van der Waals surface area contributed by atoms with E-state index in [-0.39, 0.29) is 6.04 Å². The zero-order valence-electron chi connectivity index (χ0n) is 13.7. The van der Waals surface area contributed by atoms with Crippen LogP contribution in [-0.2, 0) is 10.0 Å². The number of piperidine rings is 1. The van der Waals surface area contributed by atoms with Crippen LogP contribution in [0.25, 0.3) is 0 Å². The van der Waals surface area contributed by atoms with Crippen molar-refractivity contribution in [3.63, 3.8) is 0 Å². The molecule has 1 saturated heterocycles. The number of benzene rings is 1. The van der Waals surface area contributed by atoms with Gasteiger partial charge in [0.15, 0.2) is 0 Å². The third-order valence-corrected chi connectivity index (χ3v) is 8.07. The van der Waals surface area contributed by atoms with Crippen molar-refractivity contribution in [3.8, 4) is 0 Å². The molecule has 1 N–H and O–H groups in total. The Bertz CT molecular complexity index is 667. The zero-order valence-corrected chi connectivity index (χ0v) is 17.7. The molecule has 2 fully saturated rings. The number of hydrogen-bond donors (Lipinski definition) is 1. The van der Waals surface area contributed by atoms with E-state index in [4.69, 9.17) is 0 Å². The van der Waals surface area contributed by atoms with Crippen molar-refractivity contribution in [1.82, 2.24) is 9.62 Å². The molecular weight excluding hydrogens is 456 g/mol. The van der Waals surface area contributed by atoms with Crippen LogP contribution in [0, 0.1) is 5.92 Å². The quantitative estimate of drug-likeness (QED) is 0.690. The first-order valence-electron chi connectivity index (χ1n) is 8.64. The Balaban J connectivity index is 1.54. The lowest BCUT2D eigenvalue weighted by atomic mass is 10.0. The molecule has 0 unspecified atom stereocenters. The van der Waals surface area contributed by atoms with Gasteiger partial charge in [-0.05, 0) is 78.8 Å². The number of sulfonamides is 1. The van der Waals surface area contributed by atoms with E-state index in [1.165, 1.54) is 32.2 Å². The van der Waals surface area contributed by atoms with E-state index >= 15 is 0 Å². The molecule has 24 heavy (non-hydrogen) atoms. The van der Waals surface area contributed by atoms with Gasteiger partial charge in [-0.3, -0.25) is 0 Å². The van der Waals surface area contributed by atoms with Crippen molar-refractivity contribution in [2.45, 2.75) is 49.5 Å². The monoisotopic (exact) mass is 478 g/mol. The predicted octanol–water partition coefficient (Wildman–Crippen LogP) is 4.14. The second-order valence-electron chi connectivity index (χ2n) is 6.92. The largest absolute Gasteiger partial charge is 0.303 e. The maximum atomic E-state index is 12.6. The third kappa shape index (κ3) is 4.81. The minimum absolute atomic E-state index is 0.0328. The minimum atomic E-state index is -3.48. The summed E-state index contributed by atoms with van der Waals surface area (Å²) in [7, 11) is -3.48. The van der Waals surface area contributed by atoms with Crippen molar-refractivity contribution in [2.24, 2.45) is 5.92 Å². The highest BCUT2D eigenvalue weighted by Crippen LogP contribution is 2.28. The second kappa shape index (κ2) is 8.16. The van der Waals surface area contributed by atoms with Gasteiger partial charge >= 0.3 is 0 Å². The molecule has 7 heteroatoms. The summed E-state index contributed by atoms with van der Waals surface area (Å²) >= 11 is 6.70. The summed E-state index contributed by atoms with van der Waals surface area (Å²) in [5, 5.41) is 0. The highest BCUT2D eigenvalue weighted by Gasteiger charge is 2.27. The molecule has 0 atom stereocenters. The fourth-order valence-electron chi connectivity index (χ4n) is 3.77. The molecule has 1 saturated carbocycles.